The zero-order valence-electron chi connectivity index (χ0n) is 20.0. The number of nitrogens with one attached hydrogen (secondary N) is 1. The molecule has 0 saturated heterocycles. The van der Waals surface area contributed by atoms with Crippen molar-refractivity contribution in [2.75, 3.05) is 13.7 Å². The molecule has 3 aromatic carbocycles. The molecule has 1 atom stereocenters. The highest BCUT2D eigenvalue weighted by molar-refractivity contribution is 5.97. The number of amides is 1. The van der Waals surface area contributed by atoms with Crippen molar-refractivity contribution in [2.24, 2.45) is 0 Å². The highest BCUT2D eigenvalue weighted by Crippen LogP contribution is 2.27. The Balaban J connectivity index is 1.70. The number of rotatable bonds is 10. The van der Waals surface area contributed by atoms with Gasteiger partial charge in [-0.1, -0.05) is 43.7 Å². The van der Waals surface area contributed by atoms with E-state index in [4.69, 9.17) is 14.5 Å². The molecule has 6 heteroatoms. The van der Waals surface area contributed by atoms with Gasteiger partial charge in [0.15, 0.2) is 11.9 Å². The number of hydrogen-bond donors (Lipinski definition) is 1. The van der Waals surface area contributed by atoms with Crippen molar-refractivity contribution < 1.29 is 14.3 Å². The number of hydrogen-bond acceptors (Lipinski definition) is 4. The molecule has 0 fully saturated rings. The van der Waals surface area contributed by atoms with E-state index in [9.17, 15) is 4.79 Å². The summed E-state index contributed by atoms with van der Waals surface area (Å²) in [4.78, 5) is 17.5. The number of ether oxygens (including phenoxy) is 2. The summed E-state index contributed by atoms with van der Waals surface area (Å²) in [5.41, 5.74) is 3.42. The molecule has 176 valence electrons. The van der Waals surface area contributed by atoms with Crippen LogP contribution >= 0.6 is 0 Å². The van der Waals surface area contributed by atoms with Crippen molar-refractivity contribution in [1.29, 1.82) is 0 Å². The molecule has 0 aliphatic heterocycles. The molecule has 1 heterocycles. The minimum absolute atomic E-state index is 0.0761. The first-order valence-electron chi connectivity index (χ1n) is 11.7. The number of methoxy groups -OCH3 is 1. The summed E-state index contributed by atoms with van der Waals surface area (Å²) in [5.74, 6) is 2.31. The van der Waals surface area contributed by atoms with Crippen LogP contribution in [0.5, 0.6) is 11.5 Å². The summed E-state index contributed by atoms with van der Waals surface area (Å²) < 4.78 is 13.8. The van der Waals surface area contributed by atoms with Crippen LogP contribution in [0.2, 0.25) is 0 Å². The van der Waals surface area contributed by atoms with Gasteiger partial charge in [0.1, 0.15) is 11.5 Å². The van der Waals surface area contributed by atoms with Gasteiger partial charge in [-0.15, -0.1) is 0 Å². The van der Waals surface area contributed by atoms with Gasteiger partial charge in [-0.3, -0.25) is 4.79 Å². The summed E-state index contributed by atoms with van der Waals surface area (Å²) >= 11 is 0. The van der Waals surface area contributed by atoms with Crippen molar-refractivity contribution in [1.82, 2.24) is 14.9 Å². The lowest BCUT2D eigenvalue weighted by Crippen LogP contribution is -2.24. The lowest BCUT2D eigenvalue weighted by Gasteiger charge is -2.17. The molecule has 0 aliphatic carbocycles. The molecule has 1 aromatic heterocycles. The number of imidazole rings is 1. The predicted octanol–water partition coefficient (Wildman–Crippen LogP) is 5.76. The van der Waals surface area contributed by atoms with E-state index in [-0.39, 0.29) is 12.0 Å². The van der Waals surface area contributed by atoms with Crippen LogP contribution in [0.1, 0.15) is 54.5 Å². The molecule has 0 spiro atoms. The Morgan fingerprint density at radius 2 is 1.82 bits per heavy atom. The van der Waals surface area contributed by atoms with E-state index in [1.54, 1.807) is 7.11 Å². The van der Waals surface area contributed by atoms with Crippen LogP contribution in [0.15, 0.2) is 72.8 Å². The lowest BCUT2D eigenvalue weighted by molar-refractivity contribution is 0.0953. The Morgan fingerprint density at radius 3 is 2.59 bits per heavy atom. The van der Waals surface area contributed by atoms with Crippen LogP contribution in [-0.4, -0.2) is 29.1 Å². The third kappa shape index (κ3) is 5.39. The van der Waals surface area contributed by atoms with E-state index in [1.165, 1.54) is 0 Å². The molecule has 4 aromatic rings. The Bertz CT molecular complexity index is 1250. The van der Waals surface area contributed by atoms with E-state index >= 15 is 0 Å². The summed E-state index contributed by atoms with van der Waals surface area (Å²) in [6.07, 6.45) is 1.71. The number of aromatic nitrogens is 2. The van der Waals surface area contributed by atoms with Gasteiger partial charge in [-0.2, -0.15) is 0 Å². The maximum atomic E-state index is 12.6. The Morgan fingerprint density at radius 1 is 1.03 bits per heavy atom. The highest BCUT2D eigenvalue weighted by atomic mass is 16.5. The Hall–Kier alpha value is -3.80. The molecule has 0 bridgehead atoms. The van der Waals surface area contributed by atoms with Crippen LogP contribution in [0.3, 0.4) is 0 Å². The predicted molar refractivity (Wildman–Crippen MR) is 135 cm³/mol. The summed E-state index contributed by atoms with van der Waals surface area (Å²) in [7, 11) is 1.67. The van der Waals surface area contributed by atoms with Crippen molar-refractivity contribution in [2.45, 2.75) is 39.3 Å². The average molecular weight is 458 g/mol. The topological polar surface area (TPSA) is 65.4 Å². The molecule has 1 amide bonds. The van der Waals surface area contributed by atoms with E-state index in [0.717, 1.165) is 46.8 Å². The maximum absolute atomic E-state index is 12.6. The second-order valence-corrected chi connectivity index (χ2v) is 8.29. The minimum Gasteiger partial charge on any atom is -0.497 e. The number of benzene rings is 3. The van der Waals surface area contributed by atoms with Gasteiger partial charge in [0, 0.05) is 18.7 Å². The number of carbonyl (C=O) groups excluding carboxylic acids is 1. The maximum Gasteiger partial charge on any atom is 0.251 e. The number of nitrogens with zero attached hydrogens (tertiary/aromatic N) is 2. The van der Waals surface area contributed by atoms with Crippen LogP contribution in [0, 0.1) is 0 Å². The van der Waals surface area contributed by atoms with Gasteiger partial charge < -0.3 is 19.4 Å². The zero-order chi connectivity index (χ0) is 23.9. The Kier molecular flexibility index (Phi) is 7.48. The second-order valence-electron chi connectivity index (χ2n) is 8.29. The molecule has 34 heavy (non-hydrogen) atoms. The second kappa shape index (κ2) is 10.9. The monoisotopic (exact) mass is 457 g/mol. The fourth-order valence-corrected chi connectivity index (χ4v) is 3.96. The molecular formula is C28H31N3O3. The van der Waals surface area contributed by atoms with Gasteiger partial charge in [0.25, 0.3) is 5.91 Å². The molecular weight excluding hydrogens is 426 g/mol. The minimum atomic E-state index is -0.290. The highest BCUT2D eigenvalue weighted by Gasteiger charge is 2.20. The molecule has 0 aliphatic rings. The molecule has 0 saturated carbocycles. The van der Waals surface area contributed by atoms with E-state index in [1.807, 2.05) is 73.7 Å². The fourth-order valence-electron chi connectivity index (χ4n) is 3.96. The van der Waals surface area contributed by atoms with Crippen molar-refractivity contribution in [3.63, 3.8) is 0 Å². The van der Waals surface area contributed by atoms with E-state index < -0.39 is 0 Å². The van der Waals surface area contributed by atoms with Gasteiger partial charge in [0.2, 0.25) is 0 Å². The molecule has 1 unspecified atom stereocenters. The van der Waals surface area contributed by atoms with Gasteiger partial charge in [-0.25, -0.2) is 4.98 Å². The summed E-state index contributed by atoms with van der Waals surface area (Å²) in [5, 5.41) is 2.98. The summed E-state index contributed by atoms with van der Waals surface area (Å²) in [6.45, 7) is 5.38. The molecule has 6 nitrogen and oxygen atoms in total. The van der Waals surface area contributed by atoms with Gasteiger partial charge in [-0.05, 0) is 61.4 Å². The lowest BCUT2D eigenvalue weighted by atomic mass is 10.1. The third-order valence-electron chi connectivity index (χ3n) is 5.75. The third-order valence-corrected chi connectivity index (χ3v) is 5.75. The van der Waals surface area contributed by atoms with Crippen LogP contribution in [0.4, 0.5) is 0 Å². The average Bonchev–Trinajstić information content (AvgIpc) is 3.22. The van der Waals surface area contributed by atoms with Crippen molar-refractivity contribution >= 4 is 16.9 Å². The van der Waals surface area contributed by atoms with Crippen molar-refractivity contribution in [3.05, 3.63) is 89.7 Å². The fraction of sp³-hybridized carbons (Fsp3) is 0.286. The standard InChI is InChI=1S/C28H31N3O3/c1-4-5-16-29-28(32)22-14-15-26-25(18-22)30-27(20(2)34-23-11-7-6-8-12-23)31(26)19-21-10-9-13-24(17-21)33-3/h6-15,17-18,20H,4-5,16,19H2,1-3H3,(H,29,32). The van der Waals surface area contributed by atoms with E-state index in [0.29, 0.717) is 18.7 Å². The zero-order valence-corrected chi connectivity index (χ0v) is 20.0. The van der Waals surface area contributed by atoms with E-state index in [2.05, 4.69) is 22.9 Å². The quantitative estimate of drug-likeness (QED) is 0.307. The van der Waals surface area contributed by atoms with Gasteiger partial charge >= 0.3 is 0 Å². The molecule has 0 radical (unpaired) electrons. The number of carbonyl (C=O) groups is 1. The Labute approximate surface area is 200 Å². The van der Waals surface area contributed by atoms with Crippen molar-refractivity contribution in [3.8, 4) is 11.5 Å². The largest absolute Gasteiger partial charge is 0.497 e. The number of fused-ring (bicyclic) bond motifs is 1. The van der Waals surface area contributed by atoms with Crippen LogP contribution < -0.4 is 14.8 Å². The molecule has 1 N–H and O–H groups in total. The summed E-state index contributed by atoms with van der Waals surface area (Å²) in [6, 6.07) is 23.4. The smallest absolute Gasteiger partial charge is 0.251 e. The number of para-hydroxylation sites is 1. The van der Waals surface area contributed by atoms with Gasteiger partial charge in [0.05, 0.1) is 18.1 Å². The SMILES string of the molecule is CCCCNC(=O)c1ccc2c(c1)nc(C(C)Oc1ccccc1)n2Cc1cccc(OC)c1. The van der Waals surface area contributed by atoms with Crippen LogP contribution in [-0.2, 0) is 6.54 Å². The first-order chi connectivity index (χ1) is 16.6. The first-order valence-corrected chi connectivity index (χ1v) is 11.7. The normalized spacial score (nSPS) is 11.9. The van der Waals surface area contributed by atoms with Crippen LogP contribution in [0.25, 0.3) is 11.0 Å². The number of unbranched alkanes of at least 4 members (excludes halogenated alkanes) is 1. The molecule has 4 rings (SSSR count). The first kappa shape index (κ1) is 23.4.